The molecule has 0 radical (unpaired) electrons. The van der Waals surface area contributed by atoms with E-state index in [-0.39, 0.29) is 0 Å². The van der Waals surface area contributed by atoms with E-state index in [2.05, 4.69) is 17.3 Å². The molecule has 0 bridgehead atoms. The van der Waals surface area contributed by atoms with Crippen LogP contribution in [-0.2, 0) is 4.74 Å². The quantitative estimate of drug-likeness (QED) is 0.483. The molecule has 2 saturated heterocycles. The van der Waals surface area contributed by atoms with Crippen molar-refractivity contribution in [1.29, 1.82) is 0 Å². The molecule has 0 aromatic rings. The zero-order valence-corrected chi connectivity index (χ0v) is 6.34. The molecule has 2 aliphatic heterocycles. The molecule has 2 heterocycles. The van der Waals surface area contributed by atoms with Crippen molar-refractivity contribution in [1.82, 2.24) is 10.2 Å². The number of fused-ring (bicyclic) bond motifs is 1. The fraction of sp³-hybridized carbons (Fsp3) is 1.00. The number of likely N-dealkylation sites (N-methyl/N-ethyl adjacent to an activating group) is 1. The lowest BCUT2D eigenvalue weighted by atomic mass is 10.1. The third-order valence-electron chi connectivity index (χ3n) is 2.47. The topological polar surface area (TPSA) is 24.5 Å². The van der Waals surface area contributed by atoms with Gasteiger partial charge >= 0.3 is 0 Å². The van der Waals surface area contributed by atoms with Crippen LogP contribution in [0.2, 0.25) is 0 Å². The molecule has 0 spiro atoms. The van der Waals surface area contributed by atoms with Gasteiger partial charge in [0.2, 0.25) is 0 Å². The number of nitrogens with zero attached hydrogens (tertiary/aromatic N) is 1. The van der Waals surface area contributed by atoms with Crippen LogP contribution >= 0.6 is 0 Å². The van der Waals surface area contributed by atoms with Crippen molar-refractivity contribution in [2.24, 2.45) is 0 Å². The predicted octanol–water partition coefficient (Wildman–Crippen LogP) is -0.711. The van der Waals surface area contributed by atoms with Crippen molar-refractivity contribution in [3.05, 3.63) is 0 Å². The van der Waals surface area contributed by atoms with Crippen LogP contribution < -0.4 is 5.32 Å². The summed E-state index contributed by atoms with van der Waals surface area (Å²) in [5.74, 6) is 0. The maximum Gasteiger partial charge on any atom is 0.0867 e. The third-order valence-corrected chi connectivity index (χ3v) is 2.47. The van der Waals surface area contributed by atoms with Crippen molar-refractivity contribution < 1.29 is 4.74 Å². The van der Waals surface area contributed by atoms with Gasteiger partial charge in [-0.05, 0) is 7.05 Å². The summed E-state index contributed by atoms with van der Waals surface area (Å²) in [5.41, 5.74) is 0. The molecule has 0 aliphatic carbocycles. The highest BCUT2D eigenvalue weighted by molar-refractivity contribution is 4.90. The van der Waals surface area contributed by atoms with E-state index in [4.69, 9.17) is 4.74 Å². The molecule has 10 heavy (non-hydrogen) atoms. The second-order valence-electron chi connectivity index (χ2n) is 3.12. The van der Waals surface area contributed by atoms with Gasteiger partial charge in [0.05, 0.1) is 12.7 Å². The van der Waals surface area contributed by atoms with Gasteiger partial charge in [0.1, 0.15) is 0 Å². The molecule has 2 rings (SSSR count). The number of hydrogen-bond donors (Lipinski definition) is 1. The first kappa shape index (κ1) is 6.58. The van der Waals surface area contributed by atoms with E-state index in [0.717, 1.165) is 26.2 Å². The van der Waals surface area contributed by atoms with E-state index < -0.39 is 0 Å². The number of hydrogen-bond acceptors (Lipinski definition) is 3. The minimum Gasteiger partial charge on any atom is -0.374 e. The van der Waals surface area contributed by atoms with E-state index in [1.165, 1.54) is 0 Å². The lowest BCUT2D eigenvalue weighted by molar-refractivity contribution is -0.0363. The molecule has 2 aliphatic rings. The van der Waals surface area contributed by atoms with E-state index in [1.54, 1.807) is 0 Å². The first-order chi connectivity index (χ1) is 4.88. The van der Waals surface area contributed by atoms with Gasteiger partial charge in [0.15, 0.2) is 0 Å². The Kier molecular flexibility index (Phi) is 1.64. The first-order valence-corrected chi connectivity index (χ1v) is 3.90. The lowest BCUT2D eigenvalue weighted by Gasteiger charge is -2.33. The summed E-state index contributed by atoms with van der Waals surface area (Å²) in [6, 6.07) is 0.633. The highest BCUT2D eigenvalue weighted by atomic mass is 16.5. The molecule has 0 amide bonds. The summed E-state index contributed by atoms with van der Waals surface area (Å²) in [5, 5.41) is 3.33. The van der Waals surface area contributed by atoms with Crippen LogP contribution in [0.3, 0.4) is 0 Å². The summed E-state index contributed by atoms with van der Waals surface area (Å²) >= 11 is 0. The molecule has 3 heteroatoms. The monoisotopic (exact) mass is 142 g/mol. The van der Waals surface area contributed by atoms with Gasteiger partial charge in [0, 0.05) is 25.7 Å². The zero-order chi connectivity index (χ0) is 6.97. The lowest BCUT2D eigenvalue weighted by Crippen LogP contribution is -2.48. The van der Waals surface area contributed by atoms with Crippen LogP contribution in [0.4, 0.5) is 0 Å². The van der Waals surface area contributed by atoms with E-state index in [9.17, 15) is 0 Å². The molecule has 1 N–H and O–H groups in total. The molecule has 0 aromatic heterocycles. The molecular weight excluding hydrogens is 128 g/mol. The van der Waals surface area contributed by atoms with Crippen molar-refractivity contribution in [2.45, 2.75) is 12.1 Å². The summed E-state index contributed by atoms with van der Waals surface area (Å²) in [6.45, 7) is 4.12. The Morgan fingerprint density at radius 2 is 2.40 bits per heavy atom. The summed E-state index contributed by atoms with van der Waals surface area (Å²) < 4.78 is 5.57. The molecule has 2 atom stereocenters. The Labute approximate surface area is 61.3 Å². The smallest absolute Gasteiger partial charge is 0.0867 e. The highest BCUT2D eigenvalue weighted by Gasteiger charge is 2.33. The second-order valence-corrected chi connectivity index (χ2v) is 3.12. The van der Waals surface area contributed by atoms with Crippen molar-refractivity contribution in [3.63, 3.8) is 0 Å². The number of nitrogens with one attached hydrogen (secondary N) is 1. The average Bonchev–Trinajstić information content (AvgIpc) is 2.36. The molecule has 3 nitrogen and oxygen atoms in total. The van der Waals surface area contributed by atoms with Crippen LogP contribution in [-0.4, -0.2) is 50.3 Å². The Hall–Kier alpha value is -0.120. The Morgan fingerprint density at radius 1 is 1.50 bits per heavy atom. The highest BCUT2D eigenvalue weighted by Crippen LogP contribution is 2.14. The SMILES string of the molecule is CN1CCO[C@@H]2CNC[C@H]21. The fourth-order valence-electron chi connectivity index (χ4n) is 1.76. The maximum absolute atomic E-state index is 5.57. The number of ether oxygens (including phenoxy) is 1. The van der Waals surface area contributed by atoms with Crippen LogP contribution in [0.25, 0.3) is 0 Å². The van der Waals surface area contributed by atoms with Gasteiger partial charge in [-0.3, -0.25) is 4.90 Å². The minimum atomic E-state index is 0.457. The molecule has 58 valence electrons. The summed E-state index contributed by atoms with van der Waals surface area (Å²) in [6.07, 6.45) is 0.457. The van der Waals surface area contributed by atoms with Crippen LogP contribution in [0, 0.1) is 0 Å². The Bertz CT molecular complexity index is 129. The van der Waals surface area contributed by atoms with Gasteiger partial charge in [-0.15, -0.1) is 0 Å². The van der Waals surface area contributed by atoms with Gasteiger partial charge in [-0.1, -0.05) is 0 Å². The van der Waals surface area contributed by atoms with Gasteiger partial charge in [0.25, 0.3) is 0 Å². The minimum absolute atomic E-state index is 0.457. The molecule has 0 aromatic carbocycles. The zero-order valence-electron chi connectivity index (χ0n) is 6.34. The second kappa shape index (κ2) is 2.49. The molecule has 0 saturated carbocycles. The normalized spacial score (nSPS) is 41.7. The standard InChI is InChI=1S/C7H14N2O/c1-9-2-3-10-7-5-8-4-6(7)9/h6-8H,2-5H2,1H3/t6-,7-/m1/s1. The van der Waals surface area contributed by atoms with Crippen LogP contribution in [0.15, 0.2) is 0 Å². The summed E-state index contributed by atoms with van der Waals surface area (Å²) in [4.78, 5) is 2.38. The maximum atomic E-state index is 5.57. The first-order valence-electron chi connectivity index (χ1n) is 3.90. The summed E-state index contributed by atoms with van der Waals surface area (Å²) in [7, 11) is 2.17. The van der Waals surface area contributed by atoms with Gasteiger partial charge in [-0.2, -0.15) is 0 Å². The van der Waals surface area contributed by atoms with Crippen LogP contribution in [0.1, 0.15) is 0 Å². The van der Waals surface area contributed by atoms with Gasteiger partial charge in [-0.25, -0.2) is 0 Å². The van der Waals surface area contributed by atoms with E-state index in [1.807, 2.05) is 0 Å². The van der Waals surface area contributed by atoms with Crippen molar-refractivity contribution >= 4 is 0 Å². The Balaban J connectivity index is 2.03. The van der Waals surface area contributed by atoms with Gasteiger partial charge < -0.3 is 10.1 Å². The van der Waals surface area contributed by atoms with Crippen molar-refractivity contribution in [2.75, 3.05) is 33.3 Å². The molecule has 2 fully saturated rings. The third kappa shape index (κ3) is 0.944. The van der Waals surface area contributed by atoms with Crippen LogP contribution in [0.5, 0.6) is 0 Å². The number of morpholine rings is 1. The fourth-order valence-corrected chi connectivity index (χ4v) is 1.76. The molecular formula is C7H14N2O. The van der Waals surface area contributed by atoms with E-state index >= 15 is 0 Å². The largest absolute Gasteiger partial charge is 0.374 e. The molecule has 0 unspecified atom stereocenters. The Morgan fingerprint density at radius 3 is 3.20 bits per heavy atom. The van der Waals surface area contributed by atoms with Crippen molar-refractivity contribution in [3.8, 4) is 0 Å². The van der Waals surface area contributed by atoms with E-state index in [0.29, 0.717) is 12.1 Å². The average molecular weight is 142 g/mol. The number of rotatable bonds is 0. The predicted molar refractivity (Wildman–Crippen MR) is 39.0 cm³/mol.